The van der Waals surface area contributed by atoms with Gasteiger partial charge in [0.1, 0.15) is 5.75 Å². The molecule has 1 heterocycles. The van der Waals surface area contributed by atoms with Gasteiger partial charge in [0.15, 0.2) is 0 Å². The lowest BCUT2D eigenvalue weighted by atomic mass is 10.1. The van der Waals surface area contributed by atoms with Gasteiger partial charge in [0.2, 0.25) is 11.8 Å². The van der Waals surface area contributed by atoms with Gasteiger partial charge in [-0.2, -0.15) is 10.2 Å². The Labute approximate surface area is 119 Å². The molecular formula is C13H11BrN4O. The van der Waals surface area contributed by atoms with Crippen LogP contribution in [0, 0.1) is 18.3 Å². The summed E-state index contributed by atoms with van der Waals surface area (Å²) in [5, 5.41) is 11.7. The molecule has 0 radical (unpaired) electrons. The van der Waals surface area contributed by atoms with Gasteiger partial charge in [-0.05, 0) is 40.5 Å². The van der Waals surface area contributed by atoms with Crippen LogP contribution in [0.5, 0.6) is 11.6 Å². The molecule has 0 fully saturated rings. The SMILES string of the molecule is CNc1ncc(Br)c(Oc2cc(C#N)ccc2C)n1. The number of halogens is 1. The smallest absolute Gasteiger partial charge is 0.238 e. The molecule has 0 spiro atoms. The van der Waals surface area contributed by atoms with E-state index in [9.17, 15) is 0 Å². The number of nitriles is 1. The molecule has 0 saturated carbocycles. The van der Waals surface area contributed by atoms with E-state index in [-0.39, 0.29) is 0 Å². The molecule has 0 bridgehead atoms. The minimum atomic E-state index is 0.400. The van der Waals surface area contributed by atoms with Crippen LogP contribution in [-0.4, -0.2) is 17.0 Å². The van der Waals surface area contributed by atoms with Gasteiger partial charge in [-0.15, -0.1) is 0 Å². The lowest BCUT2D eigenvalue weighted by Gasteiger charge is -2.10. The average molecular weight is 319 g/mol. The van der Waals surface area contributed by atoms with Gasteiger partial charge in [-0.25, -0.2) is 4.98 Å². The zero-order valence-electron chi connectivity index (χ0n) is 10.4. The van der Waals surface area contributed by atoms with Crippen LogP contribution in [0.2, 0.25) is 0 Å². The normalized spacial score (nSPS) is 9.79. The van der Waals surface area contributed by atoms with Crippen molar-refractivity contribution in [1.29, 1.82) is 5.26 Å². The predicted molar refractivity (Wildman–Crippen MR) is 75.2 cm³/mol. The Morgan fingerprint density at radius 3 is 2.89 bits per heavy atom. The maximum Gasteiger partial charge on any atom is 0.238 e. The molecule has 19 heavy (non-hydrogen) atoms. The zero-order chi connectivity index (χ0) is 13.8. The lowest BCUT2D eigenvalue weighted by molar-refractivity contribution is 0.455. The van der Waals surface area contributed by atoms with Crippen LogP contribution in [0.4, 0.5) is 5.95 Å². The van der Waals surface area contributed by atoms with Gasteiger partial charge in [-0.1, -0.05) is 6.07 Å². The van der Waals surface area contributed by atoms with Crippen LogP contribution >= 0.6 is 15.9 Å². The van der Waals surface area contributed by atoms with E-state index in [1.54, 1.807) is 25.4 Å². The molecule has 6 heteroatoms. The first-order valence-corrected chi connectivity index (χ1v) is 6.32. The second-order valence-corrected chi connectivity index (χ2v) is 4.65. The number of anilines is 1. The topological polar surface area (TPSA) is 70.8 Å². The molecule has 0 saturated heterocycles. The Balaban J connectivity index is 2.38. The number of benzene rings is 1. The van der Waals surface area contributed by atoms with Crippen LogP contribution in [0.25, 0.3) is 0 Å². The van der Waals surface area contributed by atoms with Gasteiger partial charge in [0.25, 0.3) is 0 Å². The van der Waals surface area contributed by atoms with Crippen molar-refractivity contribution in [2.45, 2.75) is 6.92 Å². The summed E-state index contributed by atoms with van der Waals surface area (Å²) >= 11 is 3.33. The highest BCUT2D eigenvalue weighted by atomic mass is 79.9. The molecule has 1 N–H and O–H groups in total. The Morgan fingerprint density at radius 1 is 1.42 bits per heavy atom. The number of ether oxygens (including phenoxy) is 1. The second-order valence-electron chi connectivity index (χ2n) is 3.79. The fraction of sp³-hybridized carbons (Fsp3) is 0.154. The van der Waals surface area contributed by atoms with Crippen LogP contribution in [0.3, 0.4) is 0 Å². The minimum absolute atomic E-state index is 0.400. The highest BCUT2D eigenvalue weighted by Crippen LogP contribution is 2.30. The van der Waals surface area contributed by atoms with Crippen LogP contribution in [0.15, 0.2) is 28.9 Å². The fourth-order valence-electron chi connectivity index (χ4n) is 1.43. The monoisotopic (exact) mass is 318 g/mol. The van der Waals surface area contributed by atoms with Crippen molar-refractivity contribution in [3.63, 3.8) is 0 Å². The fourth-order valence-corrected chi connectivity index (χ4v) is 1.70. The molecule has 0 aliphatic rings. The van der Waals surface area contributed by atoms with Crippen molar-refractivity contribution < 1.29 is 4.74 Å². The molecule has 0 amide bonds. The lowest BCUT2D eigenvalue weighted by Crippen LogP contribution is -1.99. The van der Waals surface area contributed by atoms with Gasteiger partial charge < -0.3 is 10.1 Å². The average Bonchev–Trinajstić information content (AvgIpc) is 2.43. The molecule has 2 aromatic rings. The van der Waals surface area contributed by atoms with Crippen LogP contribution in [-0.2, 0) is 0 Å². The number of nitrogens with zero attached hydrogens (tertiary/aromatic N) is 3. The van der Waals surface area contributed by atoms with E-state index in [0.717, 1.165) is 5.56 Å². The third kappa shape index (κ3) is 3.01. The summed E-state index contributed by atoms with van der Waals surface area (Å²) in [5.41, 5.74) is 1.47. The molecule has 5 nitrogen and oxygen atoms in total. The summed E-state index contributed by atoms with van der Waals surface area (Å²) in [6.07, 6.45) is 1.61. The standard InChI is InChI=1S/C13H11BrN4O/c1-8-3-4-9(6-15)5-11(8)19-12-10(14)7-17-13(16-2)18-12/h3-5,7H,1-2H3,(H,16,17,18). The van der Waals surface area contributed by atoms with Crippen LogP contribution in [0.1, 0.15) is 11.1 Å². The Morgan fingerprint density at radius 2 is 2.21 bits per heavy atom. The third-order valence-electron chi connectivity index (χ3n) is 2.46. The van der Waals surface area contributed by atoms with Crippen molar-refractivity contribution >= 4 is 21.9 Å². The molecule has 0 aliphatic carbocycles. The van der Waals surface area contributed by atoms with E-state index >= 15 is 0 Å². The van der Waals surface area contributed by atoms with E-state index in [0.29, 0.717) is 27.6 Å². The molecule has 2 rings (SSSR count). The molecule has 0 unspecified atom stereocenters. The Kier molecular flexibility index (Phi) is 3.97. The van der Waals surface area contributed by atoms with Crippen molar-refractivity contribution in [3.8, 4) is 17.7 Å². The molecule has 0 aliphatic heterocycles. The maximum absolute atomic E-state index is 8.91. The first kappa shape index (κ1) is 13.3. The van der Waals surface area contributed by atoms with E-state index in [2.05, 4.69) is 37.3 Å². The van der Waals surface area contributed by atoms with Gasteiger partial charge in [0, 0.05) is 7.05 Å². The summed E-state index contributed by atoms with van der Waals surface area (Å²) in [5.74, 6) is 1.46. The third-order valence-corrected chi connectivity index (χ3v) is 3.00. The van der Waals surface area contributed by atoms with Crippen molar-refractivity contribution in [2.24, 2.45) is 0 Å². The summed E-state index contributed by atoms with van der Waals surface area (Å²) < 4.78 is 6.38. The van der Waals surface area contributed by atoms with E-state index < -0.39 is 0 Å². The van der Waals surface area contributed by atoms with Gasteiger partial charge in [0.05, 0.1) is 22.3 Å². The number of hydrogen-bond donors (Lipinski definition) is 1. The second kappa shape index (κ2) is 5.67. The van der Waals surface area contributed by atoms with Gasteiger partial charge >= 0.3 is 0 Å². The number of nitrogens with one attached hydrogen (secondary N) is 1. The molecule has 0 atom stereocenters. The van der Waals surface area contributed by atoms with Crippen molar-refractivity contribution in [1.82, 2.24) is 9.97 Å². The van der Waals surface area contributed by atoms with Crippen molar-refractivity contribution in [3.05, 3.63) is 40.0 Å². The molecular weight excluding hydrogens is 308 g/mol. The predicted octanol–water partition coefficient (Wildman–Crippen LogP) is 3.25. The van der Waals surface area contributed by atoms with Crippen molar-refractivity contribution in [2.75, 3.05) is 12.4 Å². The summed E-state index contributed by atoms with van der Waals surface area (Å²) in [6, 6.07) is 7.35. The Hall–Kier alpha value is -2.13. The molecule has 1 aromatic heterocycles. The Bertz CT molecular complexity index is 652. The van der Waals surface area contributed by atoms with E-state index in [1.807, 2.05) is 13.0 Å². The van der Waals surface area contributed by atoms with Crippen LogP contribution < -0.4 is 10.1 Å². The molecule has 96 valence electrons. The zero-order valence-corrected chi connectivity index (χ0v) is 12.0. The van der Waals surface area contributed by atoms with E-state index in [1.165, 1.54) is 0 Å². The first-order chi connectivity index (χ1) is 9.13. The number of rotatable bonds is 3. The quantitative estimate of drug-likeness (QED) is 0.940. The maximum atomic E-state index is 8.91. The number of aromatic nitrogens is 2. The number of hydrogen-bond acceptors (Lipinski definition) is 5. The summed E-state index contributed by atoms with van der Waals surface area (Å²) in [4.78, 5) is 8.26. The number of aryl methyl sites for hydroxylation is 1. The molecule has 1 aromatic carbocycles. The van der Waals surface area contributed by atoms with Gasteiger partial charge in [-0.3, -0.25) is 0 Å². The minimum Gasteiger partial charge on any atom is -0.437 e. The largest absolute Gasteiger partial charge is 0.437 e. The summed E-state index contributed by atoms with van der Waals surface area (Å²) in [6.45, 7) is 1.91. The first-order valence-electron chi connectivity index (χ1n) is 5.53. The summed E-state index contributed by atoms with van der Waals surface area (Å²) in [7, 11) is 1.73. The van der Waals surface area contributed by atoms with E-state index in [4.69, 9.17) is 10.00 Å². The highest BCUT2D eigenvalue weighted by Gasteiger charge is 2.09. The highest BCUT2D eigenvalue weighted by molar-refractivity contribution is 9.10.